The van der Waals surface area contributed by atoms with Gasteiger partial charge in [-0.25, -0.2) is 0 Å². The summed E-state index contributed by atoms with van der Waals surface area (Å²) in [5.74, 6) is 0. The molecule has 0 rings (SSSR count). The van der Waals surface area contributed by atoms with Gasteiger partial charge in [0.25, 0.3) is 0 Å². The highest BCUT2D eigenvalue weighted by Crippen LogP contribution is 1.93. The van der Waals surface area contributed by atoms with Crippen LogP contribution in [0.1, 0.15) is 6.92 Å². The largest absolute Gasteiger partial charge is 0.383 e. The van der Waals surface area contributed by atoms with E-state index in [2.05, 4.69) is 18.5 Å². The van der Waals surface area contributed by atoms with Crippen molar-refractivity contribution in [2.75, 3.05) is 20.3 Å². The lowest BCUT2D eigenvalue weighted by Gasteiger charge is -2.03. The Hall–Kier alpha value is -1.02. The average molecular weight is 167 g/mol. The van der Waals surface area contributed by atoms with Crippen LogP contribution in [0.25, 0.3) is 0 Å². The third-order valence-corrected chi connectivity index (χ3v) is 1.23. The molecule has 0 aliphatic heterocycles. The third kappa shape index (κ3) is 7.09. The van der Waals surface area contributed by atoms with Gasteiger partial charge in [-0.2, -0.15) is 0 Å². The molecule has 0 unspecified atom stereocenters. The van der Waals surface area contributed by atoms with Gasteiger partial charge in [0.2, 0.25) is 0 Å². The fourth-order valence-corrected chi connectivity index (χ4v) is 0.615. The topological polar surface area (TPSA) is 21.3 Å². The Balaban J connectivity index is 3.53. The van der Waals surface area contributed by atoms with E-state index in [9.17, 15) is 0 Å². The number of hydrogen-bond acceptors (Lipinski definition) is 2. The Bertz CT molecular complexity index is 182. The first kappa shape index (κ1) is 11.0. The van der Waals surface area contributed by atoms with E-state index in [1.54, 1.807) is 7.11 Å². The van der Waals surface area contributed by atoms with Gasteiger partial charge in [0.15, 0.2) is 0 Å². The maximum Gasteiger partial charge on any atom is 0.0635 e. The SMILES string of the molecule is C=C(C)/C=C\C(=C)NCCOC. The molecule has 2 heteroatoms. The highest BCUT2D eigenvalue weighted by Gasteiger charge is 1.85. The van der Waals surface area contributed by atoms with E-state index in [1.165, 1.54) is 0 Å². The molecular formula is C10H17NO. The molecule has 0 amide bonds. The van der Waals surface area contributed by atoms with Crippen LogP contribution in [-0.4, -0.2) is 20.3 Å². The highest BCUT2D eigenvalue weighted by molar-refractivity contribution is 5.21. The van der Waals surface area contributed by atoms with Crippen molar-refractivity contribution in [3.8, 4) is 0 Å². The van der Waals surface area contributed by atoms with Crippen molar-refractivity contribution >= 4 is 0 Å². The Labute approximate surface area is 74.6 Å². The van der Waals surface area contributed by atoms with Crippen LogP contribution in [0.4, 0.5) is 0 Å². The summed E-state index contributed by atoms with van der Waals surface area (Å²) < 4.78 is 4.87. The number of allylic oxidation sites excluding steroid dienone is 3. The third-order valence-electron chi connectivity index (χ3n) is 1.23. The predicted molar refractivity (Wildman–Crippen MR) is 53.0 cm³/mol. The number of ether oxygens (including phenoxy) is 1. The predicted octanol–water partition coefficient (Wildman–Crippen LogP) is 1.87. The Morgan fingerprint density at radius 2 is 2.08 bits per heavy atom. The van der Waals surface area contributed by atoms with Gasteiger partial charge in [0.1, 0.15) is 0 Å². The van der Waals surface area contributed by atoms with Crippen molar-refractivity contribution in [3.63, 3.8) is 0 Å². The van der Waals surface area contributed by atoms with Gasteiger partial charge in [-0.1, -0.05) is 24.8 Å². The summed E-state index contributed by atoms with van der Waals surface area (Å²) in [4.78, 5) is 0. The lowest BCUT2D eigenvalue weighted by Crippen LogP contribution is -2.16. The minimum atomic E-state index is 0.694. The van der Waals surface area contributed by atoms with Crippen molar-refractivity contribution in [2.45, 2.75) is 6.92 Å². The first-order valence-corrected chi connectivity index (χ1v) is 3.92. The van der Waals surface area contributed by atoms with Gasteiger partial charge in [-0.3, -0.25) is 0 Å². The number of hydrogen-bond donors (Lipinski definition) is 1. The van der Waals surface area contributed by atoms with Crippen molar-refractivity contribution < 1.29 is 4.74 Å². The van der Waals surface area contributed by atoms with Gasteiger partial charge >= 0.3 is 0 Å². The molecule has 0 aromatic carbocycles. The van der Waals surface area contributed by atoms with Gasteiger partial charge in [0, 0.05) is 19.4 Å². The first-order chi connectivity index (χ1) is 5.66. The van der Waals surface area contributed by atoms with Crippen molar-refractivity contribution in [3.05, 3.63) is 36.6 Å². The Kier molecular flexibility index (Phi) is 6.11. The molecule has 0 bridgehead atoms. The molecule has 0 radical (unpaired) electrons. The molecule has 2 nitrogen and oxygen atoms in total. The Morgan fingerprint density at radius 3 is 2.58 bits per heavy atom. The van der Waals surface area contributed by atoms with Crippen molar-refractivity contribution in [2.24, 2.45) is 0 Å². The fraction of sp³-hybridized carbons (Fsp3) is 0.400. The highest BCUT2D eigenvalue weighted by atomic mass is 16.5. The zero-order valence-electron chi connectivity index (χ0n) is 7.89. The van der Waals surface area contributed by atoms with Crippen LogP contribution in [0.15, 0.2) is 36.6 Å². The van der Waals surface area contributed by atoms with Crippen LogP contribution in [0, 0.1) is 0 Å². The van der Waals surface area contributed by atoms with Crippen LogP contribution in [0.5, 0.6) is 0 Å². The van der Waals surface area contributed by atoms with Gasteiger partial charge in [-0.05, 0) is 13.0 Å². The summed E-state index contributed by atoms with van der Waals surface area (Å²) >= 11 is 0. The Morgan fingerprint density at radius 1 is 1.42 bits per heavy atom. The van der Waals surface area contributed by atoms with E-state index < -0.39 is 0 Å². The van der Waals surface area contributed by atoms with Gasteiger partial charge in [0.05, 0.1) is 6.61 Å². The lowest BCUT2D eigenvalue weighted by molar-refractivity contribution is 0.202. The molecule has 0 saturated carbocycles. The average Bonchev–Trinajstić information content (AvgIpc) is 2.01. The van der Waals surface area contributed by atoms with Gasteiger partial charge < -0.3 is 10.1 Å². The van der Waals surface area contributed by atoms with Gasteiger partial charge in [-0.15, -0.1) is 0 Å². The van der Waals surface area contributed by atoms with Crippen LogP contribution < -0.4 is 5.32 Å². The summed E-state index contributed by atoms with van der Waals surface area (Å²) in [5.41, 5.74) is 1.90. The molecule has 0 atom stereocenters. The van der Waals surface area contributed by atoms with E-state index in [-0.39, 0.29) is 0 Å². The summed E-state index contributed by atoms with van der Waals surface area (Å²) in [6.45, 7) is 11.0. The molecule has 0 heterocycles. The smallest absolute Gasteiger partial charge is 0.0635 e. The number of rotatable bonds is 6. The zero-order chi connectivity index (χ0) is 9.40. The molecule has 0 aliphatic rings. The zero-order valence-corrected chi connectivity index (χ0v) is 7.89. The second-order valence-electron chi connectivity index (χ2n) is 2.62. The maximum atomic E-state index is 4.87. The van der Waals surface area contributed by atoms with E-state index in [0.29, 0.717) is 6.61 Å². The molecule has 1 N–H and O–H groups in total. The summed E-state index contributed by atoms with van der Waals surface area (Å²) in [6.07, 6.45) is 3.82. The molecule has 0 aromatic heterocycles. The second kappa shape index (κ2) is 6.68. The number of nitrogens with one attached hydrogen (secondary N) is 1. The van der Waals surface area contributed by atoms with E-state index in [4.69, 9.17) is 4.74 Å². The molecule has 0 fully saturated rings. The molecule has 12 heavy (non-hydrogen) atoms. The van der Waals surface area contributed by atoms with Crippen LogP contribution in [0.3, 0.4) is 0 Å². The standard InChI is InChI=1S/C10H17NO/c1-9(2)5-6-10(3)11-7-8-12-4/h5-6,11H,1,3,7-8H2,2,4H3/b6-5-. The van der Waals surface area contributed by atoms with Crippen molar-refractivity contribution in [1.29, 1.82) is 0 Å². The normalized spacial score (nSPS) is 10.2. The van der Waals surface area contributed by atoms with E-state index in [0.717, 1.165) is 17.8 Å². The van der Waals surface area contributed by atoms with Crippen LogP contribution >= 0.6 is 0 Å². The summed E-state index contributed by atoms with van der Waals surface area (Å²) in [6, 6.07) is 0. The molecule has 0 aliphatic carbocycles. The quantitative estimate of drug-likeness (QED) is 0.481. The van der Waals surface area contributed by atoms with Crippen molar-refractivity contribution in [1.82, 2.24) is 5.32 Å². The monoisotopic (exact) mass is 167 g/mol. The minimum absolute atomic E-state index is 0.694. The van der Waals surface area contributed by atoms with Crippen LogP contribution in [0.2, 0.25) is 0 Å². The molecule has 0 saturated heterocycles. The molecule has 0 aromatic rings. The molecule has 68 valence electrons. The first-order valence-electron chi connectivity index (χ1n) is 3.92. The lowest BCUT2D eigenvalue weighted by atomic mass is 10.3. The molecule has 0 spiro atoms. The number of methoxy groups -OCH3 is 1. The van der Waals surface area contributed by atoms with E-state index in [1.807, 2.05) is 19.1 Å². The van der Waals surface area contributed by atoms with E-state index >= 15 is 0 Å². The van der Waals surface area contributed by atoms with Crippen LogP contribution in [-0.2, 0) is 4.74 Å². The molecular weight excluding hydrogens is 150 g/mol. The maximum absolute atomic E-state index is 4.87. The fourth-order valence-electron chi connectivity index (χ4n) is 0.615. The summed E-state index contributed by atoms with van der Waals surface area (Å²) in [5, 5.41) is 3.09. The minimum Gasteiger partial charge on any atom is -0.383 e. The second-order valence-corrected chi connectivity index (χ2v) is 2.62. The summed E-state index contributed by atoms with van der Waals surface area (Å²) in [7, 11) is 1.67.